The molecule has 0 radical (unpaired) electrons. The van der Waals surface area contributed by atoms with Gasteiger partial charge >= 0.3 is 0 Å². The summed E-state index contributed by atoms with van der Waals surface area (Å²) in [5.74, 6) is 0. The molecule has 92 valence electrons. The third-order valence-electron chi connectivity index (χ3n) is 4.21. The highest BCUT2D eigenvalue weighted by Gasteiger charge is 2.16. The van der Waals surface area contributed by atoms with Crippen LogP contribution >= 0.6 is 0 Å². The van der Waals surface area contributed by atoms with E-state index in [4.69, 9.17) is 0 Å². The molecule has 0 fully saturated rings. The maximum absolute atomic E-state index is 2.42. The molecular weight excluding hydrogens is 228 g/mol. The second-order valence-electron chi connectivity index (χ2n) is 5.33. The van der Waals surface area contributed by atoms with E-state index in [2.05, 4.69) is 60.7 Å². The monoisotopic (exact) mass is 244 g/mol. The first-order valence-corrected chi connectivity index (χ1v) is 7.02. The smallest absolute Gasteiger partial charge is 0.0102 e. The van der Waals surface area contributed by atoms with Gasteiger partial charge in [0.05, 0.1) is 0 Å². The minimum atomic E-state index is 1.24. The zero-order chi connectivity index (χ0) is 12.7. The highest BCUT2D eigenvalue weighted by Crippen LogP contribution is 2.36. The summed E-state index contributed by atoms with van der Waals surface area (Å²) in [6.07, 6.45) is 3.78. The molecule has 0 unspecified atom stereocenters. The van der Waals surface area contributed by atoms with Crippen LogP contribution in [0, 0.1) is 0 Å². The van der Waals surface area contributed by atoms with E-state index in [0.717, 1.165) is 0 Å². The van der Waals surface area contributed by atoms with Crippen molar-refractivity contribution in [1.82, 2.24) is 0 Å². The zero-order valence-corrected chi connectivity index (χ0v) is 10.9. The lowest BCUT2D eigenvalue weighted by molar-refractivity contribution is 0.913. The van der Waals surface area contributed by atoms with Crippen molar-refractivity contribution in [3.8, 4) is 11.1 Å². The summed E-state index contributed by atoms with van der Waals surface area (Å²) >= 11 is 0. The van der Waals surface area contributed by atoms with Gasteiger partial charge in [0.2, 0.25) is 0 Å². The van der Waals surface area contributed by atoms with E-state index < -0.39 is 0 Å². The molecule has 0 N–H and O–H groups in total. The predicted molar refractivity (Wildman–Crippen MR) is 81.4 cm³/mol. The van der Waals surface area contributed by atoms with Crippen LogP contribution in [0.25, 0.3) is 21.9 Å². The average Bonchev–Trinajstić information content (AvgIpc) is 2.96. The number of benzene rings is 3. The molecule has 19 heavy (non-hydrogen) atoms. The highest BCUT2D eigenvalue weighted by atomic mass is 14.2. The standard InChI is InChI=1S/C19H16/c1-2-7-14(8-3-1)19-13-15-9-6-12-16(15)17-10-4-5-11-18(17)19/h1-5,7-8,10-11,13H,6,9,12H2. The van der Waals surface area contributed by atoms with Crippen LogP contribution in [0.4, 0.5) is 0 Å². The lowest BCUT2D eigenvalue weighted by atomic mass is 9.92. The van der Waals surface area contributed by atoms with Crippen molar-refractivity contribution in [2.24, 2.45) is 0 Å². The second kappa shape index (κ2) is 4.24. The Morgan fingerprint density at radius 3 is 2.26 bits per heavy atom. The number of hydrogen-bond acceptors (Lipinski definition) is 0. The first-order chi connectivity index (χ1) is 9.43. The van der Waals surface area contributed by atoms with Gasteiger partial charge in [0, 0.05) is 0 Å². The van der Waals surface area contributed by atoms with Crippen LogP contribution in [0.15, 0.2) is 60.7 Å². The van der Waals surface area contributed by atoms with Crippen molar-refractivity contribution < 1.29 is 0 Å². The van der Waals surface area contributed by atoms with Crippen LogP contribution in [0.2, 0.25) is 0 Å². The van der Waals surface area contributed by atoms with Crippen molar-refractivity contribution in [3.05, 3.63) is 71.8 Å². The van der Waals surface area contributed by atoms with E-state index in [1.807, 2.05) is 0 Å². The Bertz CT molecular complexity index is 739. The summed E-state index contributed by atoms with van der Waals surface area (Å²) in [4.78, 5) is 0. The van der Waals surface area contributed by atoms with Gasteiger partial charge in [-0.1, -0.05) is 60.7 Å². The fraction of sp³-hybridized carbons (Fsp3) is 0.158. The predicted octanol–water partition coefficient (Wildman–Crippen LogP) is 5.00. The van der Waals surface area contributed by atoms with Crippen molar-refractivity contribution in [2.75, 3.05) is 0 Å². The SMILES string of the molecule is c1ccc(-c2cc3c(c4ccccc24)CCC3)cc1. The van der Waals surface area contributed by atoms with Gasteiger partial charge in [0.1, 0.15) is 0 Å². The highest BCUT2D eigenvalue weighted by molar-refractivity contribution is 5.99. The van der Waals surface area contributed by atoms with E-state index in [9.17, 15) is 0 Å². The Hall–Kier alpha value is -2.08. The molecule has 3 aromatic rings. The van der Waals surface area contributed by atoms with E-state index in [-0.39, 0.29) is 0 Å². The molecule has 1 aliphatic carbocycles. The molecule has 0 spiro atoms. The van der Waals surface area contributed by atoms with Crippen LogP contribution < -0.4 is 0 Å². The number of fused-ring (bicyclic) bond motifs is 3. The Kier molecular flexibility index (Phi) is 2.41. The molecule has 0 aliphatic heterocycles. The van der Waals surface area contributed by atoms with E-state index >= 15 is 0 Å². The maximum atomic E-state index is 2.42. The van der Waals surface area contributed by atoms with Gasteiger partial charge in [0.25, 0.3) is 0 Å². The van der Waals surface area contributed by atoms with E-state index in [1.165, 1.54) is 41.2 Å². The van der Waals surface area contributed by atoms with Crippen LogP contribution in [0.1, 0.15) is 17.5 Å². The van der Waals surface area contributed by atoms with E-state index in [1.54, 1.807) is 11.1 Å². The number of hydrogen-bond donors (Lipinski definition) is 0. The van der Waals surface area contributed by atoms with Crippen LogP contribution in [-0.2, 0) is 12.8 Å². The Morgan fingerprint density at radius 2 is 1.42 bits per heavy atom. The molecule has 0 amide bonds. The molecule has 0 aromatic heterocycles. The van der Waals surface area contributed by atoms with Gasteiger partial charge < -0.3 is 0 Å². The number of aryl methyl sites for hydroxylation is 2. The van der Waals surface area contributed by atoms with Crippen molar-refractivity contribution in [3.63, 3.8) is 0 Å². The molecule has 3 aromatic carbocycles. The minimum Gasteiger partial charge on any atom is -0.0622 e. The quantitative estimate of drug-likeness (QED) is 0.565. The molecule has 0 heterocycles. The molecular formula is C19H16. The van der Waals surface area contributed by atoms with Gasteiger partial charge in [-0.3, -0.25) is 0 Å². The topological polar surface area (TPSA) is 0 Å². The number of rotatable bonds is 1. The summed E-state index contributed by atoms with van der Waals surface area (Å²) in [7, 11) is 0. The summed E-state index contributed by atoms with van der Waals surface area (Å²) in [5, 5.41) is 2.85. The normalized spacial score (nSPS) is 13.7. The third-order valence-corrected chi connectivity index (χ3v) is 4.21. The van der Waals surface area contributed by atoms with Crippen LogP contribution in [0.5, 0.6) is 0 Å². The average molecular weight is 244 g/mol. The lowest BCUT2D eigenvalue weighted by Gasteiger charge is -2.12. The Morgan fingerprint density at radius 1 is 0.684 bits per heavy atom. The fourth-order valence-electron chi connectivity index (χ4n) is 3.32. The molecule has 0 bridgehead atoms. The lowest BCUT2D eigenvalue weighted by Crippen LogP contribution is -1.89. The Labute approximate surface area is 113 Å². The van der Waals surface area contributed by atoms with Crippen LogP contribution in [0.3, 0.4) is 0 Å². The summed E-state index contributed by atoms with van der Waals surface area (Å²) < 4.78 is 0. The third kappa shape index (κ3) is 1.67. The molecule has 0 atom stereocenters. The summed E-state index contributed by atoms with van der Waals surface area (Å²) in [6, 6.07) is 22.0. The van der Waals surface area contributed by atoms with Gasteiger partial charge in [-0.05, 0) is 52.3 Å². The summed E-state index contributed by atoms with van der Waals surface area (Å²) in [6.45, 7) is 0. The van der Waals surface area contributed by atoms with Gasteiger partial charge in [-0.2, -0.15) is 0 Å². The van der Waals surface area contributed by atoms with Crippen molar-refractivity contribution >= 4 is 10.8 Å². The second-order valence-corrected chi connectivity index (χ2v) is 5.33. The van der Waals surface area contributed by atoms with E-state index in [0.29, 0.717) is 0 Å². The van der Waals surface area contributed by atoms with Gasteiger partial charge in [-0.15, -0.1) is 0 Å². The molecule has 0 saturated carbocycles. The maximum Gasteiger partial charge on any atom is -0.0102 e. The molecule has 0 nitrogen and oxygen atoms in total. The van der Waals surface area contributed by atoms with Crippen molar-refractivity contribution in [2.45, 2.75) is 19.3 Å². The van der Waals surface area contributed by atoms with Crippen molar-refractivity contribution in [1.29, 1.82) is 0 Å². The molecule has 4 rings (SSSR count). The fourth-order valence-corrected chi connectivity index (χ4v) is 3.32. The van der Waals surface area contributed by atoms with Gasteiger partial charge in [-0.25, -0.2) is 0 Å². The minimum absolute atomic E-state index is 1.24. The van der Waals surface area contributed by atoms with Gasteiger partial charge in [0.15, 0.2) is 0 Å². The Balaban J connectivity index is 2.09. The first-order valence-electron chi connectivity index (χ1n) is 7.02. The molecule has 0 heteroatoms. The van der Waals surface area contributed by atoms with Crippen LogP contribution in [-0.4, -0.2) is 0 Å². The largest absolute Gasteiger partial charge is 0.0622 e. The molecule has 0 saturated heterocycles. The first kappa shape index (κ1) is 10.8. The summed E-state index contributed by atoms with van der Waals surface area (Å²) in [5.41, 5.74) is 5.85. The zero-order valence-electron chi connectivity index (χ0n) is 10.9. The molecule has 1 aliphatic rings.